The molecule has 150 valence electrons. The van der Waals surface area contributed by atoms with Crippen LogP contribution in [0.1, 0.15) is 5.56 Å². The van der Waals surface area contributed by atoms with Crippen molar-refractivity contribution in [2.75, 3.05) is 38.0 Å². The minimum atomic E-state index is -4.12. The highest BCUT2D eigenvalue weighted by molar-refractivity contribution is 7.89. The second-order valence-corrected chi connectivity index (χ2v) is 8.73. The molecule has 2 aromatic carbocycles. The second-order valence-electron chi connectivity index (χ2n) is 6.82. The summed E-state index contributed by atoms with van der Waals surface area (Å²) in [6, 6.07) is 9.83. The van der Waals surface area contributed by atoms with Gasteiger partial charge in [-0.1, -0.05) is 12.1 Å². The van der Waals surface area contributed by atoms with Crippen LogP contribution in [-0.4, -0.2) is 51.4 Å². The summed E-state index contributed by atoms with van der Waals surface area (Å²) in [4.78, 5) is 12.5. The molecule has 1 saturated heterocycles. The van der Waals surface area contributed by atoms with Gasteiger partial charge in [0, 0.05) is 5.69 Å². The van der Waals surface area contributed by atoms with Crippen LogP contribution in [-0.2, 0) is 14.8 Å². The summed E-state index contributed by atoms with van der Waals surface area (Å²) >= 11 is 0. The number of piperazine rings is 1. The fourth-order valence-electron chi connectivity index (χ4n) is 3.19. The van der Waals surface area contributed by atoms with E-state index >= 15 is 0 Å². The Morgan fingerprint density at radius 1 is 1.14 bits per heavy atom. The Morgan fingerprint density at radius 2 is 1.86 bits per heavy atom. The second kappa shape index (κ2) is 8.34. The molecule has 1 aliphatic rings. The molecular formula is C19H22F2N3O3S+. The predicted octanol–water partition coefficient (Wildman–Crippen LogP) is 0.801. The number of nitrogens with one attached hydrogen (secondary N) is 2. The molecule has 0 atom stereocenters. The van der Waals surface area contributed by atoms with Crippen LogP contribution < -0.4 is 10.2 Å². The zero-order chi connectivity index (χ0) is 20.3. The molecule has 28 heavy (non-hydrogen) atoms. The fourth-order valence-corrected chi connectivity index (χ4v) is 4.71. The van der Waals surface area contributed by atoms with E-state index in [4.69, 9.17) is 0 Å². The van der Waals surface area contributed by atoms with Crippen LogP contribution in [0, 0.1) is 18.6 Å². The smallest absolute Gasteiger partial charge is 0.279 e. The largest absolute Gasteiger partial charge is 0.325 e. The Kier molecular flexibility index (Phi) is 6.07. The lowest BCUT2D eigenvalue weighted by molar-refractivity contribution is -0.895. The highest BCUT2D eigenvalue weighted by Crippen LogP contribution is 2.20. The minimum Gasteiger partial charge on any atom is -0.325 e. The van der Waals surface area contributed by atoms with Gasteiger partial charge in [-0.25, -0.2) is 17.2 Å². The monoisotopic (exact) mass is 410 g/mol. The molecule has 9 heteroatoms. The molecule has 1 heterocycles. The van der Waals surface area contributed by atoms with E-state index in [-0.39, 0.29) is 25.5 Å². The van der Waals surface area contributed by atoms with Crippen molar-refractivity contribution in [1.29, 1.82) is 0 Å². The van der Waals surface area contributed by atoms with Gasteiger partial charge in [0.05, 0.1) is 26.2 Å². The standard InChI is InChI=1S/C19H21F2N3O3S/c1-14-3-2-4-16(11-14)22-19(25)13-23-7-9-24(10-8-23)28(26,27)18-12-15(20)5-6-17(18)21/h2-6,11-12H,7-10,13H2,1H3,(H,22,25)/p+1. The number of sulfonamides is 1. The Labute approximate surface area is 162 Å². The number of hydrogen-bond donors (Lipinski definition) is 2. The first-order chi connectivity index (χ1) is 13.3. The summed E-state index contributed by atoms with van der Waals surface area (Å²) in [5, 5.41) is 2.83. The molecular weight excluding hydrogens is 388 g/mol. The van der Waals surface area contributed by atoms with E-state index in [1.165, 1.54) is 0 Å². The maximum atomic E-state index is 13.9. The lowest BCUT2D eigenvalue weighted by Crippen LogP contribution is -3.15. The van der Waals surface area contributed by atoms with Gasteiger partial charge in [0.15, 0.2) is 6.54 Å². The van der Waals surface area contributed by atoms with Crippen molar-refractivity contribution in [3.63, 3.8) is 0 Å². The number of rotatable bonds is 5. The molecule has 0 radical (unpaired) electrons. The molecule has 0 bridgehead atoms. The Balaban J connectivity index is 1.58. The first kappa shape index (κ1) is 20.4. The third-order valence-corrected chi connectivity index (χ3v) is 6.57. The van der Waals surface area contributed by atoms with Crippen LogP contribution >= 0.6 is 0 Å². The van der Waals surface area contributed by atoms with E-state index in [2.05, 4.69) is 5.32 Å². The van der Waals surface area contributed by atoms with Crippen LogP contribution in [0.15, 0.2) is 47.4 Å². The summed E-state index contributed by atoms with van der Waals surface area (Å²) < 4.78 is 53.5. The number of carbonyl (C=O) groups excluding carboxylic acids is 1. The van der Waals surface area contributed by atoms with Gasteiger partial charge in [0.25, 0.3) is 5.91 Å². The molecule has 1 aliphatic heterocycles. The molecule has 2 aromatic rings. The summed E-state index contributed by atoms with van der Waals surface area (Å²) in [6.45, 7) is 3.20. The average Bonchev–Trinajstić information content (AvgIpc) is 2.64. The zero-order valence-corrected chi connectivity index (χ0v) is 16.2. The molecule has 3 rings (SSSR count). The van der Waals surface area contributed by atoms with Gasteiger partial charge in [-0.05, 0) is 42.8 Å². The molecule has 6 nitrogen and oxygen atoms in total. The SMILES string of the molecule is Cc1cccc(NC(=O)C[NH+]2CCN(S(=O)(=O)c3cc(F)ccc3F)CC2)c1. The van der Waals surface area contributed by atoms with Crippen LogP contribution in [0.25, 0.3) is 0 Å². The summed E-state index contributed by atoms with van der Waals surface area (Å²) in [6.07, 6.45) is 0. The number of amides is 1. The van der Waals surface area contributed by atoms with E-state index in [0.29, 0.717) is 24.8 Å². The molecule has 0 unspecified atom stereocenters. The van der Waals surface area contributed by atoms with Gasteiger partial charge in [-0.2, -0.15) is 4.31 Å². The molecule has 0 saturated carbocycles. The highest BCUT2D eigenvalue weighted by atomic mass is 32.2. The van der Waals surface area contributed by atoms with E-state index in [9.17, 15) is 22.0 Å². The Bertz CT molecular complexity index is 974. The van der Waals surface area contributed by atoms with Crippen LogP contribution in [0.4, 0.5) is 14.5 Å². The first-order valence-electron chi connectivity index (χ1n) is 8.91. The number of halogens is 2. The zero-order valence-electron chi connectivity index (χ0n) is 15.4. The van der Waals surface area contributed by atoms with Gasteiger partial charge in [-0.15, -0.1) is 0 Å². The van der Waals surface area contributed by atoms with E-state index in [1.54, 1.807) is 6.07 Å². The molecule has 2 N–H and O–H groups in total. The third kappa shape index (κ3) is 4.73. The quantitative estimate of drug-likeness (QED) is 0.766. The number of carbonyl (C=O) groups is 1. The summed E-state index contributed by atoms with van der Waals surface area (Å²) in [7, 11) is -4.12. The Hall–Kier alpha value is -2.36. The maximum Gasteiger partial charge on any atom is 0.279 e. The van der Waals surface area contributed by atoms with Crippen molar-refractivity contribution in [2.24, 2.45) is 0 Å². The summed E-state index contributed by atoms with van der Waals surface area (Å²) in [5.74, 6) is -1.95. The molecule has 0 aliphatic carbocycles. The topological polar surface area (TPSA) is 70.9 Å². The minimum absolute atomic E-state index is 0.130. The predicted molar refractivity (Wildman–Crippen MR) is 100 cm³/mol. The van der Waals surface area contributed by atoms with Crippen molar-refractivity contribution in [1.82, 2.24) is 4.31 Å². The van der Waals surface area contributed by atoms with Gasteiger partial charge >= 0.3 is 0 Å². The van der Waals surface area contributed by atoms with Crippen LogP contribution in [0.5, 0.6) is 0 Å². The van der Waals surface area contributed by atoms with Gasteiger partial charge in [0.1, 0.15) is 16.5 Å². The van der Waals surface area contributed by atoms with Gasteiger partial charge in [0.2, 0.25) is 10.0 Å². The number of hydrogen-bond acceptors (Lipinski definition) is 3. The molecule has 1 fully saturated rings. The fraction of sp³-hybridized carbons (Fsp3) is 0.316. The lowest BCUT2D eigenvalue weighted by atomic mass is 10.2. The van der Waals surface area contributed by atoms with Crippen LogP contribution in [0.2, 0.25) is 0 Å². The van der Waals surface area contributed by atoms with Crippen molar-refractivity contribution >= 4 is 21.6 Å². The highest BCUT2D eigenvalue weighted by Gasteiger charge is 2.33. The number of quaternary nitrogens is 1. The van der Waals surface area contributed by atoms with E-state index in [0.717, 1.165) is 26.9 Å². The first-order valence-corrected chi connectivity index (χ1v) is 10.3. The van der Waals surface area contributed by atoms with E-state index in [1.807, 2.05) is 25.1 Å². The number of aryl methyl sites for hydroxylation is 1. The summed E-state index contributed by atoms with van der Waals surface area (Å²) in [5.41, 5.74) is 1.75. The van der Waals surface area contributed by atoms with Gasteiger partial charge in [-0.3, -0.25) is 4.79 Å². The maximum absolute atomic E-state index is 13.9. The third-order valence-electron chi connectivity index (χ3n) is 4.65. The van der Waals surface area contributed by atoms with Gasteiger partial charge < -0.3 is 10.2 Å². The van der Waals surface area contributed by atoms with E-state index < -0.39 is 26.6 Å². The van der Waals surface area contributed by atoms with Crippen molar-refractivity contribution in [3.8, 4) is 0 Å². The van der Waals surface area contributed by atoms with Crippen LogP contribution in [0.3, 0.4) is 0 Å². The number of nitrogens with zero attached hydrogens (tertiary/aromatic N) is 1. The average molecular weight is 410 g/mol. The molecule has 1 amide bonds. The Morgan fingerprint density at radius 3 is 2.54 bits per heavy atom. The molecule has 0 spiro atoms. The van der Waals surface area contributed by atoms with Crippen molar-refractivity contribution < 1.29 is 26.9 Å². The molecule has 0 aromatic heterocycles. The van der Waals surface area contributed by atoms with Crippen molar-refractivity contribution in [2.45, 2.75) is 11.8 Å². The number of anilines is 1. The van der Waals surface area contributed by atoms with Crippen molar-refractivity contribution in [3.05, 3.63) is 59.7 Å². The number of benzene rings is 2. The lowest BCUT2D eigenvalue weighted by Gasteiger charge is -2.31. The normalized spacial score (nSPS) is 16.1.